The predicted octanol–water partition coefficient (Wildman–Crippen LogP) is 4.76. The minimum absolute atomic E-state index is 0.0307. The summed E-state index contributed by atoms with van der Waals surface area (Å²) >= 11 is 0. The number of hydrogen-bond donors (Lipinski definition) is 1. The summed E-state index contributed by atoms with van der Waals surface area (Å²) in [5, 5.41) is 4.88. The molecule has 0 unspecified atom stereocenters. The topological polar surface area (TPSA) is 94.2 Å². The number of fused-ring (bicyclic) bond motifs is 2. The number of carbonyl (C=O) groups is 3. The lowest BCUT2D eigenvalue weighted by Crippen LogP contribution is -2.42. The monoisotopic (exact) mass is 502 g/mol. The molecule has 3 atom stereocenters. The molecule has 1 aliphatic carbocycles. The lowest BCUT2D eigenvalue weighted by atomic mass is 9.93. The van der Waals surface area contributed by atoms with Crippen molar-refractivity contribution in [2.75, 3.05) is 19.9 Å². The largest absolute Gasteiger partial charge is 0.445 e. The van der Waals surface area contributed by atoms with Gasteiger partial charge in [-0.05, 0) is 40.7 Å². The van der Waals surface area contributed by atoms with Gasteiger partial charge in [0.2, 0.25) is 6.79 Å². The highest BCUT2D eigenvalue weighted by Gasteiger charge is 2.62. The number of benzene rings is 3. The first-order chi connectivity index (χ1) is 18.0. The zero-order valence-corrected chi connectivity index (χ0v) is 20.7. The number of ether oxygens (including phenoxy) is 3. The molecule has 37 heavy (non-hydrogen) atoms. The number of carbonyl (C=O) groups excluding carboxylic acids is 3. The van der Waals surface area contributed by atoms with E-state index in [9.17, 15) is 14.4 Å². The van der Waals surface area contributed by atoms with Crippen LogP contribution in [0.2, 0.25) is 0 Å². The van der Waals surface area contributed by atoms with Crippen LogP contribution in [0.25, 0.3) is 10.8 Å². The maximum Gasteiger partial charge on any atom is 0.412 e. The van der Waals surface area contributed by atoms with Crippen molar-refractivity contribution in [1.82, 2.24) is 10.2 Å². The van der Waals surface area contributed by atoms with Crippen molar-refractivity contribution in [3.63, 3.8) is 0 Å². The number of alkyl carbamates (subject to hydrolysis) is 1. The standard InChI is InChI=1S/C29H30N2O6/c1-2-25(30-27(33)35-17-20-8-4-3-5-9-20)26(32)36-19-37-28(34)31-16-24-15-29(24,18-31)23-13-12-21-10-6-7-11-22(21)14-23/h3-14,24-25H,2,15-19H2,1H3,(H,30,33)/t24-,25-,29+/m1/s1. The zero-order chi connectivity index (χ0) is 25.8. The van der Waals surface area contributed by atoms with Crippen LogP contribution < -0.4 is 5.32 Å². The average molecular weight is 503 g/mol. The molecule has 0 radical (unpaired) electrons. The number of hydrogen-bond acceptors (Lipinski definition) is 6. The van der Waals surface area contributed by atoms with E-state index in [4.69, 9.17) is 14.2 Å². The van der Waals surface area contributed by atoms with E-state index in [0.717, 1.165) is 12.0 Å². The molecule has 1 saturated heterocycles. The Kier molecular flexibility index (Phi) is 6.99. The Morgan fingerprint density at radius 1 is 0.973 bits per heavy atom. The quantitative estimate of drug-likeness (QED) is 0.353. The van der Waals surface area contributed by atoms with Gasteiger partial charge in [-0.1, -0.05) is 79.7 Å². The predicted molar refractivity (Wildman–Crippen MR) is 137 cm³/mol. The molecule has 3 aromatic carbocycles. The summed E-state index contributed by atoms with van der Waals surface area (Å²) in [4.78, 5) is 38.8. The maximum atomic E-state index is 12.6. The number of likely N-dealkylation sites (tertiary alicyclic amines) is 1. The van der Waals surface area contributed by atoms with Gasteiger partial charge in [-0.15, -0.1) is 0 Å². The number of piperidine rings is 1. The Hall–Kier alpha value is -4.07. The average Bonchev–Trinajstić information content (AvgIpc) is 3.50. The first-order valence-corrected chi connectivity index (χ1v) is 12.5. The normalized spacial score (nSPS) is 20.6. The molecule has 1 heterocycles. The van der Waals surface area contributed by atoms with Crippen molar-refractivity contribution in [2.24, 2.45) is 5.92 Å². The third kappa shape index (κ3) is 5.38. The van der Waals surface area contributed by atoms with Gasteiger partial charge in [0.25, 0.3) is 0 Å². The zero-order valence-electron chi connectivity index (χ0n) is 20.7. The summed E-state index contributed by atoms with van der Waals surface area (Å²) in [5.74, 6) is -0.289. The fourth-order valence-corrected chi connectivity index (χ4v) is 5.13. The molecule has 2 amide bonds. The van der Waals surface area contributed by atoms with Gasteiger partial charge in [0.1, 0.15) is 12.6 Å². The molecule has 192 valence electrons. The van der Waals surface area contributed by atoms with Crippen LogP contribution in [-0.2, 0) is 31.0 Å². The lowest BCUT2D eigenvalue weighted by Gasteiger charge is -2.21. The van der Waals surface area contributed by atoms with Gasteiger partial charge in [0, 0.05) is 18.5 Å². The van der Waals surface area contributed by atoms with E-state index in [1.165, 1.54) is 16.3 Å². The highest BCUT2D eigenvalue weighted by atomic mass is 16.7. The van der Waals surface area contributed by atoms with Crippen LogP contribution in [0.15, 0.2) is 72.8 Å². The van der Waals surface area contributed by atoms with Gasteiger partial charge in [-0.25, -0.2) is 14.4 Å². The van der Waals surface area contributed by atoms with E-state index in [2.05, 4.69) is 35.6 Å². The number of nitrogens with one attached hydrogen (secondary N) is 1. The van der Waals surface area contributed by atoms with E-state index in [1.807, 2.05) is 42.5 Å². The SMILES string of the molecule is CC[C@@H](NC(=O)OCc1ccccc1)C(=O)OCOC(=O)N1C[C@H]2C[C@@]2(c2ccc3ccccc3c2)C1. The Labute approximate surface area is 215 Å². The minimum Gasteiger partial charge on any atom is -0.445 e. The van der Waals surface area contributed by atoms with Gasteiger partial charge >= 0.3 is 18.2 Å². The van der Waals surface area contributed by atoms with Crippen LogP contribution in [-0.4, -0.2) is 49.0 Å². The number of amides is 2. The smallest absolute Gasteiger partial charge is 0.412 e. The molecule has 1 saturated carbocycles. The summed E-state index contributed by atoms with van der Waals surface area (Å²) < 4.78 is 15.5. The highest BCUT2D eigenvalue weighted by molar-refractivity contribution is 5.84. The van der Waals surface area contributed by atoms with E-state index in [1.54, 1.807) is 11.8 Å². The van der Waals surface area contributed by atoms with Crippen molar-refractivity contribution in [2.45, 2.75) is 37.8 Å². The van der Waals surface area contributed by atoms with Gasteiger partial charge in [0.05, 0.1) is 0 Å². The van der Waals surface area contributed by atoms with E-state index in [-0.39, 0.29) is 12.0 Å². The fraction of sp³-hybridized carbons (Fsp3) is 0.345. The Bertz CT molecular complexity index is 1300. The fourth-order valence-electron chi connectivity index (χ4n) is 5.13. The second-order valence-electron chi connectivity index (χ2n) is 9.66. The summed E-state index contributed by atoms with van der Waals surface area (Å²) in [6, 6.07) is 23.1. The highest BCUT2D eigenvalue weighted by Crippen LogP contribution is 2.59. The number of nitrogens with zero attached hydrogens (tertiary/aromatic N) is 1. The van der Waals surface area contributed by atoms with Crippen LogP contribution in [0.4, 0.5) is 9.59 Å². The first-order valence-electron chi connectivity index (χ1n) is 12.5. The molecule has 8 nitrogen and oxygen atoms in total. The molecule has 2 fully saturated rings. The second-order valence-corrected chi connectivity index (χ2v) is 9.66. The molecule has 3 aromatic rings. The summed E-state index contributed by atoms with van der Waals surface area (Å²) in [7, 11) is 0. The summed E-state index contributed by atoms with van der Waals surface area (Å²) in [6.45, 7) is 2.51. The lowest BCUT2D eigenvalue weighted by molar-refractivity contribution is -0.155. The third-order valence-corrected chi connectivity index (χ3v) is 7.31. The summed E-state index contributed by atoms with van der Waals surface area (Å²) in [5.41, 5.74) is 2.05. The Morgan fingerprint density at radius 2 is 1.73 bits per heavy atom. The van der Waals surface area contributed by atoms with Gasteiger partial charge in [-0.2, -0.15) is 0 Å². The van der Waals surface area contributed by atoms with E-state index >= 15 is 0 Å². The number of esters is 1. The van der Waals surface area contributed by atoms with Crippen molar-refractivity contribution < 1.29 is 28.6 Å². The van der Waals surface area contributed by atoms with Crippen molar-refractivity contribution in [3.8, 4) is 0 Å². The maximum absolute atomic E-state index is 12.6. The van der Waals surface area contributed by atoms with E-state index in [0.29, 0.717) is 25.4 Å². The molecule has 0 spiro atoms. The molecule has 1 N–H and O–H groups in total. The van der Waals surface area contributed by atoms with Crippen molar-refractivity contribution in [1.29, 1.82) is 0 Å². The molecule has 8 heteroatoms. The minimum atomic E-state index is -0.905. The van der Waals surface area contributed by atoms with Crippen LogP contribution in [0, 0.1) is 5.92 Å². The molecule has 1 aliphatic heterocycles. The van der Waals surface area contributed by atoms with Crippen molar-refractivity contribution in [3.05, 3.63) is 83.9 Å². The third-order valence-electron chi connectivity index (χ3n) is 7.31. The van der Waals surface area contributed by atoms with Crippen LogP contribution in [0.3, 0.4) is 0 Å². The van der Waals surface area contributed by atoms with Crippen LogP contribution in [0.1, 0.15) is 30.9 Å². The van der Waals surface area contributed by atoms with Gasteiger partial charge in [0.15, 0.2) is 0 Å². The number of rotatable bonds is 8. The molecular weight excluding hydrogens is 472 g/mol. The molecular formula is C29H30N2O6. The Morgan fingerprint density at radius 3 is 2.51 bits per heavy atom. The Balaban J connectivity index is 1.07. The van der Waals surface area contributed by atoms with Crippen LogP contribution >= 0.6 is 0 Å². The molecule has 2 aliphatic rings. The van der Waals surface area contributed by atoms with Gasteiger partial charge < -0.3 is 24.4 Å². The first kappa shape index (κ1) is 24.6. The second kappa shape index (κ2) is 10.5. The van der Waals surface area contributed by atoms with Crippen molar-refractivity contribution >= 4 is 28.9 Å². The van der Waals surface area contributed by atoms with Gasteiger partial charge in [-0.3, -0.25) is 0 Å². The van der Waals surface area contributed by atoms with E-state index < -0.39 is 31.0 Å². The molecule has 5 rings (SSSR count). The molecule has 0 aromatic heterocycles. The van der Waals surface area contributed by atoms with Crippen LogP contribution in [0.5, 0.6) is 0 Å². The summed E-state index contributed by atoms with van der Waals surface area (Å²) in [6.07, 6.45) is 0.118. The molecule has 0 bridgehead atoms.